The molecule has 4 nitrogen and oxygen atoms in total. The van der Waals surface area contributed by atoms with Gasteiger partial charge in [-0.15, -0.1) is 0 Å². The Balaban J connectivity index is 1.88. The van der Waals surface area contributed by atoms with Crippen LogP contribution in [0.1, 0.15) is 11.4 Å². The number of hydrogen-bond acceptors (Lipinski definition) is 4. The van der Waals surface area contributed by atoms with Gasteiger partial charge in [0, 0.05) is 17.1 Å². The molecule has 1 aromatic heterocycles. The summed E-state index contributed by atoms with van der Waals surface area (Å²) in [5.74, 6) is 0.451. The zero-order valence-corrected chi connectivity index (χ0v) is 11.6. The Bertz CT molecular complexity index is 788. The summed E-state index contributed by atoms with van der Waals surface area (Å²) in [5, 5.41) is 4.41. The predicted molar refractivity (Wildman–Crippen MR) is 78.4 cm³/mol. The predicted octanol–water partition coefficient (Wildman–Crippen LogP) is 3.70. The highest BCUT2D eigenvalue weighted by molar-refractivity contribution is 6.31. The molecule has 0 saturated carbocycles. The van der Waals surface area contributed by atoms with E-state index in [2.05, 4.69) is 10.1 Å². The smallest absolute Gasteiger partial charge is 0.260 e. The minimum Gasteiger partial charge on any atom is -0.398 e. The quantitative estimate of drug-likeness (QED) is 0.749. The minimum atomic E-state index is -0.296. The normalized spacial score (nSPS) is 10.8. The molecule has 0 amide bonds. The molecule has 6 heteroatoms. The van der Waals surface area contributed by atoms with Crippen molar-refractivity contribution < 1.29 is 8.91 Å². The second-order valence-corrected chi connectivity index (χ2v) is 4.99. The molecule has 0 spiro atoms. The van der Waals surface area contributed by atoms with E-state index in [4.69, 9.17) is 21.9 Å². The van der Waals surface area contributed by atoms with E-state index in [1.165, 1.54) is 12.1 Å². The standard InChI is InChI=1S/C15H11ClFN3O/c16-10-4-5-13(18)12(8-10)15-19-14(20-21-15)7-9-2-1-3-11(17)6-9/h1-6,8H,7,18H2. The van der Waals surface area contributed by atoms with Crippen molar-refractivity contribution in [2.45, 2.75) is 6.42 Å². The third kappa shape index (κ3) is 3.03. The molecule has 3 rings (SSSR count). The van der Waals surface area contributed by atoms with Crippen molar-refractivity contribution in [1.82, 2.24) is 10.1 Å². The van der Waals surface area contributed by atoms with Gasteiger partial charge in [0.25, 0.3) is 5.89 Å². The number of nitrogens with zero attached hydrogens (tertiary/aromatic N) is 2. The molecule has 0 radical (unpaired) electrons. The maximum atomic E-state index is 13.1. The van der Waals surface area contributed by atoms with Crippen molar-refractivity contribution in [1.29, 1.82) is 0 Å². The molecule has 2 aromatic carbocycles. The molecular formula is C15H11ClFN3O. The zero-order chi connectivity index (χ0) is 14.8. The lowest BCUT2D eigenvalue weighted by Gasteiger charge is -2.00. The van der Waals surface area contributed by atoms with Gasteiger partial charge in [0.05, 0.1) is 5.56 Å². The molecule has 0 aliphatic rings. The van der Waals surface area contributed by atoms with Crippen molar-refractivity contribution in [3.05, 3.63) is 64.7 Å². The number of rotatable bonds is 3. The SMILES string of the molecule is Nc1ccc(Cl)cc1-c1nc(Cc2cccc(F)c2)no1. The molecule has 0 aliphatic carbocycles. The summed E-state index contributed by atoms with van der Waals surface area (Å²) < 4.78 is 18.3. The number of anilines is 1. The highest BCUT2D eigenvalue weighted by Gasteiger charge is 2.13. The van der Waals surface area contributed by atoms with E-state index in [1.54, 1.807) is 30.3 Å². The Hall–Kier alpha value is -2.40. The van der Waals surface area contributed by atoms with Crippen LogP contribution in [0.4, 0.5) is 10.1 Å². The van der Waals surface area contributed by atoms with E-state index in [9.17, 15) is 4.39 Å². The van der Waals surface area contributed by atoms with Crippen LogP contribution < -0.4 is 5.73 Å². The van der Waals surface area contributed by atoms with Gasteiger partial charge in [0.1, 0.15) is 5.82 Å². The van der Waals surface area contributed by atoms with Gasteiger partial charge in [-0.2, -0.15) is 4.98 Å². The highest BCUT2D eigenvalue weighted by atomic mass is 35.5. The molecule has 0 aliphatic heterocycles. The Morgan fingerprint density at radius 1 is 1.19 bits per heavy atom. The number of hydrogen-bond donors (Lipinski definition) is 1. The van der Waals surface area contributed by atoms with Crippen molar-refractivity contribution in [2.24, 2.45) is 0 Å². The lowest BCUT2D eigenvalue weighted by Crippen LogP contribution is -1.93. The third-order valence-corrected chi connectivity index (χ3v) is 3.20. The molecule has 3 aromatic rings. The first-order valence-electron chi connectivity index (χ1n) is 6.24. The Morgan fingerprint density at radius 3 is 2.86 bits per heavy atom. The molecule has 0 fully saturated rings. The molecule has 0 saturated heterocycles. The Kier molecular flexibility index (Phi) is 3.58. The number of nitrogens with two attached hydrogens (primary N) is 1. The molecule has 0 unspecified atom stereocenters. The molecule has 1 heterocycles. The maximum Gasteiger partial charge on any atom is 0.260 e. The largest absolute Gasteiger partial charge is 0.398 e. The summed E-state index contributed by atoms with van der Waals surface area (Å²) in [6.07, 6.45) is 0.377. The van der Waals surface area contributed by atoms with Crippen molar-refractivity contribution >= 4 is 17.3 Å². The molecule has 0 bridgehead atoms. The fourth-order valence-electron chi connectivity index (χ4n) is 1.98. The number of benzene rings is 2. The molecule has 106 valence electrons. The van der Waals surface area contributed by atoms with Crippen LogP contribution in [0.2, 0.25) is 5.02 Å². The molecule has 21 heavy (non-hydrogen) atoms. The summed E-state index contributed by atoms with van der Waals surface area (Å²) in [5.41, 5.74) is 7.72. The van der Waals surface area contributed by atoms with Gasteiger partial charge in [-0.1, -0.05) is 28.9 Å². The molecule has 0 atom stereocenters. The van der Waals surface area contributed by atoms with E-state index in [-0.39, 0.29) is 5.82 Å². The Morgan fingerprint density at radius 2 is 2.05 bits per heavy atom. The second kappa shape index (κ2) is 5.54. The first-order valence-corrected chi connectivity index (χ1v) is 6.62. The van der Waals surface area contributed by atoms with Crippen molar-refractivity contribution in [2.75, 3.05) is 5.73 Å². The monoisotopic (exact) mass is 303 g/mol. The fraction of sp³-hybridized carbons (Fsp3) is 0.0667. The Labute approximate surface area is 125 Å². The topological polar surface area (TPSA) is 64.9 Å². The van der Waals surface area contributed by atoms with Crippen LogP contribution in [-0.2, 0) is 6.42 Å². The average molecular weight is 304 g/mol. The van der Waals surface area contributed by atoms with E-state index < -0.39 is 0 Å². The van der Waals surface area contributed by atoms with Gasteiger partial charge in [0.2, 0.25) is 0 Å². The second-order valence-electron chi connectivity index (χ2n) is 4.55. The number of nitrogen functional groups attached to an aromatic ring is 1. The third-order valence-electron chi connectivity index (χ3n) is 2.97. The minimum absolute atomic E-state index is 0.293. The van der Waals surface area contributed by atoms with E-state index >= 15 is 0 Å². The summed E-state index contributed by atoms with van der Waals surface area (Å²) in [7, 11) is 0. The van der Waals surface area contributed by atoms with Gasteiger partial charge < -0.3 is 10.3 Å². The van der Waals surface area contributed by atoms with Crippen LogP contribution >= 0.6 is 11.6 Å². The average Bonchev–Trinajstić information content (AvgIpc) is 2.90. The van der Waals surface area contributed by atoms with Crippen molar-refractivity contribution in [3.63, 3.8) is 0 Å². The van der Waals surface area contributed by atoms with Crippen LogP contribution in [0, 0.1) is 5.82 Å². The van der Waals surface area contributed by atoms with Gasteiger partial charge in [0.15, 0.2) is 5.82 Å². The lowest BCUT2D eigenvalue weighted by atomic mass is 10.1. The van der Waals surface area contributed by atoms with Gasteiger partial charge >= 0.3 is 0 Å². The highest BCUT2D eigenvalue weighted by Crippen LogP contribution is 2.27. The lowest BCUT2D eigenvalue weighted by molar-refractivity contribution is 0.424. The van der Waals surface area contributed by atoms with Crippen LogP contribution in [0.3, 0.4) is 0 Å². The first-order chi connectivity index (χ1) is 10.1. The van der Waals surface area contributed by atoms with Gasteiger partial charge in [-0.25, -0.2) is 4.39 Å². The van der Waals surface area contributed by atoms with Crippen LogP contribution in [-0.4, -0.2) is 10.1 Å². The summed E-state index contributed by atoms with van der Waals surface area (Å²) in [6, 6.07) is 11.3. The molecule has 2 N–H and O–H groups in total. The van der Waals surface area contributed by atoms with E-state index in [1.807, 2.05) is 0 Å². The van der Waals surface area contributed by atoms with Gasteiger partial charge in [-0.3, -0.25) is 0 Å². The summed E-state index contributed by atoms with van der Waals surface area (Å²) in [4.78, 5) is 4.27. The van der Waals surface area contributed by atoms with Crippen LogP contribution in [0.25, 0.3) is 11.5 Å². The van der Waals surface area contributed by atoms with Crippen LogP contribution in [0.15, 0.2) is 47.0 Å². The fourth-order valence-corrected chi connectivity index (χ4v) is 2.15. The summed E-state index contributed by atoms with van der Waals surface area (Å²) in [6.45, 7) is 0. The van der Waals surface area contributed by atoms with Crippen molar-refractivity contribution in [3.8, 4) is 11.5 Å². The molecular weight excluding hydrogens is 293 g/mol. The number of halogens is 2. The van der Waals surface area contributed by atoms with E-state index in [0.717, 1.165) is 5.56 Å². The van der Waals surface area contributed by atoms with Crippen LogP contribution in [0.5, 0.6) is 0 Å². The van der Waals surface area contributed by atoms with E-state index in [0.29, 0.717) is 34.4 Å². The summed E-state index contributed by atoms with van der Waals surface area (Å²) >= 11 is 5.93. The first kappa shape index (κ1) is 13.6. The zero-order valence-electron chi connectivity index (χ0n) is 10.9. The number of aromatic nitrogens is 2. The maximum absolute atomic E-state index is 13.1. The van der Waals surface area contributed by atoms with Gasteiger partial charge in [-0.05, 0) is 35.9 Å².